The Bertz CT molecular complexity index is 1760. The Kier molecular flexibility index (Phi) is 8.82. The number of nitrogens with zero attached hydrogens (tertiary/aromatic N) is 8. The monoisotopic (exact) mass is 674 g/mol. The standard InChI is InChI=1S/C21H28N10O12P2/c22-16-10-18(26-3-24-16)30(5-28-10)20-13(34)14(43-44(35)36)9(42-20)2-40-45(37,38)7-39-15-12(33)8(1-32)41-21(15)31-6-29-11-17(23)25-4-27-19(11)31/h3-6,8-9,12-15,20-21,32-34,44H,1-2,7H2,(H,35,36)(H,37,38)(H2,22,24,26)(H2,23,25,27)/t8-,9-,12?,13?,14?,15?,20-,21-/m1/s1. The number of imidazole rings is 2. The van der Waals surface area contributed by atoms with Crippen molar-refractivity contribution in [2.75, 3.05) is 31.0 Å². The molecule has 0 saturated carbocycles. The lowest BCUT2D eigenvalue weighted by Gasteiger charge is -2.24. The Morgan fingerprint density at radius 2 is 1.47 bits per heavy atom. The van der Waals surface area contributed by atoms with Gasteiger partial charge in [0, 0.05) is 0 Å². The Morgan fingerprint density at radius 3 is 2.04 bits per heavy atom. The van der Waals surface area contributed by atoms with Crippen molar-refractivity contribution in [2.45, 2.75) is 49.1 Å². The minimum Gasteiger partial charge on any atom is -0.394 e. The highest BCUT2D eigenvalue weighted by Gasteiger charge is 2.49. The largest absolute Gasteiger partial charge is 0.394 e. The van der Waals surface area contributed by atoms with Crippen molar-refractivity contribution >= 4 is 49.8 Å². The molecule has 0 radical (unpaired) electrons. The van der Waals surface area contributed by atoms with Gasteiger partial charge in [-0.05, 0) is 0 Å². The van der Waals surface area contributed by atoms with E-state index in [2.05, 4.69) is 29.9 Å². The summed E-state index contributed by atoms with van der Waals surface area (Å²) in [5, 5.41) is 31.4. The number of fused-ring (bicyclic) bond motifs is 2. The number of anilines is 2. The smallest absolute Gasteiger partial charge is 0.353 e. The van der Waals surface area contributed by atoms with Gasteiger partial charge in [-0.25, -0.2) is 29.9 Å². The zero-order valence-corrected chi connectivity index (χ0v) is 24.7. The minimum absolute atomic E-state index is 0.0597. The first kappa shape index (κ1) is 31.7. The maximum atomic E-state index is 13.0. The Balaban J connectivity index is 1.16. The molecule has 6 rings (SSSR count). The zero-order valence-electron chi connectivity index (χ0n) is 22.8. The molecule has 2 aliphatic heterocycles. The van der Waals surface area contributed by atoms with Gasteiger partial charge in [0.05, 0.1) is 25.9 Å². The average Bonchev–Trinajstić information content (AvgIpc) is 3.76. The number of nitrogens with two attached hydrogens (primary N) is 2. The van der Waals surface area contributed by atoms with Crippen molar-refractivity contribution in [2.24, 2.45) is 0 Å². The first-order valence-electron chi connectivity index (χ1n) is 13.1. The van der Waals surface area contributed by atoms with E-state index >= 15 is 0 Å². The van der Waals surface area contributed by atoms with Crippen molar-refractivity contribution in [1.82, 2.24) is 39.0 Å². The maximum Gasteiger partial charge on any atom is 0.353 e. The molecule has 0 spiro atoms. The Labute approximate surface area is 252 Å². The molecule has 0 bridgehead atoms. The molecule has 10 atom stereocenters. The van der Waals surface area contributed by atoms with Gasteiger partial charge in [0.1, 0.15) is 66.7 Å². The van der Waals surface area contributed by atoms with E-state index in [4.69, 9.17) is 34.7 Å². The van der Waals surface area contributed by atoms with Gasteiger partial charge >= 0.3 is 15.9 Å². The highest BCUT2D eigenvalue weighted by Crippen LogP contribution is 2.46. The fourth-order valence-corrected chi connectivity index (χ4v) is 6.48. The fourth-order valence-electron chi connectivity index (χ4n) is 5.14. The van der Waals surface area contributed by atoms with Crippen molar-refractivity contribution in [3.05, 3.63) is 25.3 Å². The van der Waals surface area contributed by atoms with Crippen LogP contribution in [0.5, 0.6) is 0 Å². The molecule has 0 aliphatic carbocycles. The van der Waals surface area contributed by atoms with Gasteiger partial charge < -0.3 is 59.8 Å². The molecule has 45 heavy (non-hydrogen) atoms. The minimum atomic E-state index is -4.65. The summed E-state index contributed by atoms with van der Waals surface area (Å²) < 4.78 is 54.6. The highest BCUT2D eigenvalue weighted by atomic mass is 31.2. The number of hydrogen-bond donors (Lipinski definition) is 7. The number of rotatable bonds is 11. The maximum absolute atomic E-state index is 13.0. The van der Waals surface area contributed by atoms with Gasteiger partial charge in [-0.1, -0.05) is 0 Å². The van der Waals surface area contributed by atoms with E-state index in [0.717, 1.165) is 0 Å². The third kappa shape index (κ3) is 6.03. The molecule has 2 aliphatic rings. The second kappa shape index (κ2) is 12.5. The normalized spacial score (nSPS) is 30.7. The molecule has 4 aromatic rings. The van der Waals surface area contributed by atoms with E-state index in [9.17, 15) is 34.2 Å². The topological polar surface area (TPSA) is 321 Å². The van der Waals surface area contributed by atoms with Crippen molar-refractivity contribution in [1.29, 1.82) is 0 Å². The van der Waals surface area contributed by atoms with Gasteiger partial charge in [-0.3, -0.25) is 18.3 Å². The Hall–Kier alpha value is -3.24. The lowest BCUT2D eigenvalue weighted by atomic mass is 10.1. The molecule has 22 nitrogen and oxygen atoms in total. The van der Waals surface area contributed by atoms with Crippen molar-refractivity contribution in [3.8, 4) is 0 Å². The van der Waals surface area contributed by atoms with Gasteiger partial charge in [0.15, 0.2) is 35.4 Å². The number of aliphatic hydroxyl groups is 3. The number of hydrogen-bond acceptors (Lipinski definition) is 18. The number of aliphatic hydroxyl groups excluding tert-OH is 3. The van der Waals surface area contributed by atoms with E-state index in [1.807, 2.05) is 0 Å². The third-order valence-electron chi connectivity index (χ3n) is 7.23. The molecular weight excluding hydrogens is 646 g/mol. The number of nitrogen functional groups attached to an aromatic ring is 2. The van der Waals surface area contributed by atoms with Crippen LogP contribution in [0.3, 0.4) is 0 Å². The molecule has 4 aromatic heterocycles. The van der Waals surface area contributed by atoms with E-state index in [1.165, 1.54) is 34.4 Å². The number of aromatic nitrogens is 8. The van der Waals surface area contributed by atoms with Crippen LogP contribution in [0, 0.1) is 0 Å². The van der Waals surface area contributed by atoms with E-state index in [-0.39, 0.29) is 34.0 Å². The van der Waals surface area contributed by atoms with Crippen LogP contribution in [0.4, 0.5) is 11.6 Å². The second-order valence-corrected chi connectivity index (χ2v) is 12.6. The summed E-state index contributed by atoms with van der Waals surface area (Å²) in [6, 6.07) is 0. The van der Waals surface area contributed by atoms with E-state index in [0.29, 0.717) is 0 Å². The van der Waals surface area contributed by atoms with Crippen molar-refractivity contribution in [3.63, 3.8) is 0 Å². The number of ether oxygens (including phenoxy) is 3. The molecule has 2 fully saturated rings. The van der Waals surface area contributed by atoms with Gasteiger partial charge in [0.2, 0.25) is 0 Å². The molecular formula is C21H28N10O12P2. The molecule has 9 N–H and O–H groups in total. The summed E-state index contributed by atoms with van der Waals surface area (Å²) in [4.78, 5) is 44.1. The summed E-state index contributed by atoms with van der Waals surface area (Å²) in [7, 11) is -8.26. The predicted molar refractivity (Wildman–Crippen MR) is 148 cm³/mol. The third-order valence-corrected chi connectivity index (χ3v) is 8.73. The molecule has 24 heteroatoms. The summed E-state index contributed by atoms with van der Waals surface area (Å²) in [6.07, 6.45) is -6.78. The van der Waals surface area contributed by atoms with E-state index in [1.54, 1.807) is 0 Å². The summed E-state index contributed by atoms with van der Waals surface area (Å²) in [5.41, 5.74) is 12.5. The fraction of sp³-hybridized carbons (Fsp3) is 0.524. The molecule has 2 saturated heterocycles. The van der Waals surface area contributed by atoms with Gasteiger partial charge in [-0.15, -0.1) is 0 Å². The lowest BCUT2D eigenvalue weighted by molar-refractivity contribution is -0.0660. The SMILES string of the molecule is Nc1ncnc2c1ncn2[C@@H]1O[C@H](COP(=O)(O)COC2C(O)[C@@H](CO)O[C@H]2n2cnc3c(N)ncnc32)C(O[PH](=O)O)C1O. The summed E-state index contributed by atoms with van der Waals surface area (Å²) in [6.45, 7) is -1.31. The quantitative estimate of drug-likeness (QED) is 0.0819. The van der Waals surface area contributed by atoms with Crippen LogP contribution < -0.4 is 11.5 Å². The summed E-state index contributed by atoms with van der Waals surface area (Å²) >= 11 is 0. The average molecular weight is 674 g/mol. The molecule has 6 heterocycles. The Morgan fingerprint density at radius 1 is 0.889 bits per heavy atom. The molecule has 0 amide bonds. The lowest BCUT2D eigenvalue weighted by Crippen LogP contribution is -2.36. The first-order valence-corrected chi connectivity index (χ1v) is 16.1. The molecule has 0 aromatic carbocycles. The highest BCUT2D eigenvalue weighted by molar-refractivity contribution is 7.52. The van der Waals surface area contributed by atoms with Crippen LogP contribution in [0.1, 0.15) is 12.5 Å². The second-order valence-electron chi connectivity index (χ2n) is 10.0. The van der Waals surface area contributed by atoms with Crippen LogP contribution >= 0.6 is 15.9 Å². The molecule has 6 unspecified atom stereocenters. The van der Waals surface area contributed by atoms with Crippen LogP contribution in [0.25, 0.3) is 22.3 Å². The summed E-state index contributed by atoms with van der Waals surface area (Å²) in [5.74, 6) is 0.139. The molecule has 244 valence electrons. The van der Waals surface area contributed by atoms with Crippen LogP contribution in [-0.2, 0) is 32.4 Å². The van der Waals surface area contributed by atoms with Crippen LogP contribution in [-0.4, -0.2) is 120 Å². The van der Waals surface area contributed by atoms with Crippen LogP contribution in [0.15, 0.2) is 25.3 Å². The predicted octanol–water partition coefficient (Wildman–Crippen LogP) is -2.35. The first-order chi connectivity index (χ1) is 21.5. The van der Waals surface area contributed by atoms with Gasteiger partial charge in [0.25, 0.3) is 0 Å². The van der Waals surface area contributed by atoms with Gasteiger partial charge in [-0.2, -0.15) is 0 Å². The van der Waals surface area contributed by atoms with Crippen LogP contribution in [0.2, 0.25) is 0 Å². The van der Waals surface area contributed by atoms with Crippen molar-refractivity contribution < 1.29 is 57.5 Å². The zero-order chi connectivity index (χ0) is 32.0. The van der Waals surface area contributed by atoms with E-state index < -0.39 is 84.5 Å².